The predicted molar refractivity (Wildman–Crippen MR) is 51.2 cm³/mol. The van der Waals surface area contributed by atoms with Crippen molar-refractivity contribution in [3.8, 4) is 5.88 Å². The molecule has 1 aliphatic rings. The van der Waals surface area contributed by atoms with E-state index in [0.29, 0.717) is 23.6 Å². The SMILES string of the molecule is Nc1nc2c3c(ncn3CC(O)CO2)n1. The quantitative estimate of drug-likeness (QED) is 0.584. The van der Waals surface area contributed by atoms with Crippen LogP contribution in [0.5, 0.6) is 5.88 Å². The van der Waals surface area contributed by atoms with Crippen LogP contribution in [0.2, 0.25) is 0 Å². The van der Waals surface area contributed by atoms with Gasteiger partial charge in [0.1, 0.15) is 12.7 Å². The standard InChI is InChI=1S/C8H9N5O2/c9-8-11-6-5-7(12-8)15-2-4(14)1-13(5)3-10-6/h3-4,14H,1-2H2,(H2,9,11,12). The van der Waals surface area contributed by atoms with Gasteiger partial charge in [-0.25, -0.2) is 4.98 Å². The molecule has 0 bridgehead atoms. The Labute approximate surface area is 84.5 Å². The van der Waals surface area contributed by atoms with Gasteiger partial charge in [0.15, 0.2) is 11.2 Å². The minimum atomic E-state index is -0.571. The average Bonchev–Trinajstić information content (AvgIpc) is 2.49. The lowest BCUT2D eigenvalue weighted by Gasteiger charge is -2.06. The lowest BCUT2D eigenvalue weighted by atomic mass is 10.4. The van der Waals surface area contributed by atoms with E-state index >= 15 is 0 Å². The van der Waals surface area contributed by atoms with Crippen molar-refractivity contribution in [2.24, 2.45) is 0 Å². The van der Waals surface area contributed by atoms with Crippen LogP contribution in [0, 0.1) is 0 Å². The maximum absolute atomic E-state index is 9.55. The monoisotopic (exact) mass is 207 g/mol. The lowest BCUT2D eigenvalue weighted by molar-refractivity contribution is 0.0980. The number of imidazole rings is 1. The van der Waals surface area contributed by atoms with Crippen molar-refractivity contribution < 1.29 is 9.84 Å². The van der Waals surface area contributed by atoms with Crippen molar-refractivity contribution in [3.05, 3.63) is 6.33 Å². The molecule has 3 heterocycles. The van der Waals surface area contributed by atoms with E-state index in [1.807, 2.05) is 0 Å². The molecule has 1 atom stereocenters. The van der Waals surface area contributed by atoms with Crippen LogP contribution in [0.4, 0.5) is 5.95 Å². The number of nitrogens with zero attached hydrogens (tertiary/aromatic N) is 4. The molecule has 0 spiro atoms. The Morgan fingerprint density at radius 2 is 2.40 bits per heavy atom. The highest BCUT2D eigenvalue weighted by Crippen LogP contribution is 2.25. The molecule has 0 amide bonds. The lowest BCUT2D eigenvalue weighted by Crippen LogP contribution is -2.20. The Morgan fingerprint density at radius 1 is 1.53 bits per heavy atom. The first kappa shape index (κ1) is 8.42. The molecule has 0 saturated heterocycles. The van der Waals surface area contributed by atoms with E-state index in [4.69, 9.17) is 10.5 Å². The van der Waals surface area contributed by atoms with Crippen molar-refractivity contribution >= 4 is 17.1 Å². The van der Waals surface area contributed by atoms with Gasteiger partial charge in [-0.05, 0) is 0 Å². The number of hydrogen-bond donors (Lipinski definition) is 2. The van der Waals surface area contributed by atoms with Crippen LogP contribution < -0.4 is 10.5 Å². The molecule has 0 fully saturated rings. The number of rotatable bonds is 0. The van der Waals surface area contributed by atoms with Gasteiger partial charge in [-0.2, -0.15) is 9.97 Å². The third-order valence-electron chi connectivity index (χ3n) is 2.28. The van der Waals surface area contributed by atoms with Crippen molar-refractivity contribution in [2.75, 3.05) is 12.3 Å². The maximum Gasteiger partial charge on any atom is 0.245 e. The van der Waals surface area contributed by atoms with Crippen LogP contribution in [-0.2, 0) is 6.54 Å². The molecule has 0 aliphatic carbocycles. The van der Waals surface area contributed by atoms with Crippen LogP contribution in [0.1, 0.15) is 0 Å². The van der Waals surface area contributed by atoms with E-state index in [1.165, 1.54) is 0 Å². The van der Waals surface area contributed by atoms with Gasteiger partial charge in [-0.15, -0.1) is 0 Å². The van der Waals surface area contributed by atoms with Crippen molar-refractivity contribution in [1.82, 2.24) is 19.5 Å². The molecule has 0 radical (unpaired) electrons. The summed E-state index contributed by atoms with van der Waals surface area (Å²) in [5, 5.41) is 9.55. The highest BCUT2D eigenvalue weighted by Gasteiger charge is 2.20. The summed E-state index contributed by atoms with van der Waals surface area (Å²) in [5.41, 5.74) is 6.68. The molecule has 0 aromatic carbocycles. The van der Waals surface area contributed by atoms with Gasteiger partial charge in [0.25, 0.3) is 0 Å². The van der Waals surface area contributed by atoms with E-state index in [2.05, 4.69) is 15.0 Å². The molecule has 1 unspecified atom stereocenters. The topological polar surface area (TPSA) is 99.1 Å². The van der Waals surface area contributed by atoms with E-state index in [1.54, 1.807) is 10.9 Å². The van der Waals surface area contributed by atoms with Gasteiger partial charge in [0.2, 0.25) is 11.8 Å². The zero-order chi connectivity index (χ0) is 10.4. The van der Waals surface area contributed by atoms with Gasteiger partial charge in [0, 0.05) is 0 Å². The second kappa shape index (κ2) is 2.80. The first-order chi connectivity index (χ1) is 7.24. The second-order valence-electron chi connectivity index (χ2n) is 3.42. The van der Waals surface area contributed by atoms with E-state index < -0.39 is 6.10 Å². The molecule has 2 aromatic heterocycles. The number of nitrogens with two attached hydrogens (primary N) is 1. The van der Waals surface area contributed by atoms with Gasteiger partial charge in [0.05, 0.1) is 12.9 Å². The van der Waals surface area contributed by atoms with Crippen LogP contribution in [0.25, 0.3) is 11.2 Å². The highest BCUT2D eigenvalue weighted by atomic mass is 16.5. The van der Waals surface area contributed by atoms with Crippen LogP contribution in [0.15, 0.2) is 6.33 Å². The highest BCUT2D eigenvalue weighted by molar-refractivity contribution is 5.77. The molecular weight excluding hydrogens is 198 g/mol. The van der Waals surface area contributed by atoms with Crippen LogP contribution in [-0.4, -0.2) is 37.3 Å². The Morgan fingerprint density at radius 3 is 3.27 bits per heavy atom. The molecular formula is C8H9N5O2. The third-order valence-corrected chi connectivity index (χ3v) is 2.28. The molecule has 15 heavy (non-hydrogen) atoms. The smallest absolute Gasteiger partial charge is 0.245 e. The number of aromatic nitrogens is 4. The molecule has 3 rings (SSSR count). The Balaban J connectivity index is 2.31. The van der Waals surface area contributed by atoms with Crippen molar-refractivity contribution in [3.63, 3.8) is 0 Å². The Hall–Kier alpha value is -1.89. The first-order valence-electron chi connectivity index (χ1n) is 4.53. The number of aliphatic hydroxyl groups excluding tert-OH is 1. The fourth-order valence-electron chi connectivity index (χ4n) is 1.66. The summed E-state index contributed by atoms with van der Waals surface area (Å²) in [6.07, 6.45) is 1.03. The van der Waals surface area contributed by atoms with Gasteiger partial charge in [-0.1, -0.05) is 0 Å². The maximum atomic E-state index is 9.55. The van der Waals surface area contributed by atoms with Crippen LogP contribution >= 0.6 is 0 Å². The summed E-state index contributed by atoms with van der Waals surface area (Å²) < 4.78 is 7.10. The molecule has 3 N–H and O–H groups in total. The molecule has 7 heteroatoms. The normalized spacial score (nSPS) is 19.9. The van der Waals surface area contributed by atoms with Crippen LogP contribution in [0.3, 0.4) is 0 Å². The number of nitrogen functional groups attached to an aromatic ring is 1. The molecule has 1 aliphatic heterocycles. The largest absolute Gasteiger partial charge is 0.473 e. The third kappa shape index (κ3) is 1.20. The molecule has 0 saturated carbocycles. The Bertz CT molecular complexity index is 523. The first-order valence-corrected chi connectivity index (χ1v) is 4.53. The van der Waals surface area contributed by atoms with Crippen molar-refractivity contribution in [1.29, 1.82) is 0 Å². The minimum absolute atomic E-state index is 0.124. The number of ether oxygens (including phenoxy) is 1. The molecule has 2 aromatic rings. The van der Waals surface area contributed by atoms with E-state index in [-0.39, 0.29) is 12.6 Å². The summed E-state index contributed by atoms with van der Waals surface area (Å²) in [6, 6.07) is 0. The van der Waals surface area contributed by atoms with E-state index in [0.717, 1.165) is 0 Å². The van der Waals surface area contributed by atoms with Gasteiger partial charge < -0.3 is 20.1 Å². The fraction of sp³-hybridized carbons (Fsp3) is 0.375. The second-order valence-corrected chi connectivity index (χ2v) is 3.42. The fourth-order valence-corrected chi connectivity index (χ4v) is 1.66. The molecule has 78 valence electrons. The predicted octanol–water partition coefficient (Wildman–Crippen LogP) is -0.838. The Kier molecular flexibility index (Phi) is 1.57. The summed E-state index contributed by atoms with van der Waals surface area (Å²) in [7, 11) is 0. The minimum Gasteiger partial charge on any atom is -0.473 e. The zero-order valence-electron chi connectivity index (χ0n) is 7.79. The van der Waals surface area contributed by atoms with Crippen molar-refractivity contribution in [2.45, 2.75) is 12.6 Å². The van der Waals surface area contributed by atoms with E-state index in [9.17, 15) is 5.11 Å². The summed E-state index contributed by atoms with van der Waals surface area (Å²) >= 11 is 0. The summed E-state index contributed by atoms with van der Waals surface area (Å²) in [4.78, 5) is 12.0. The summed E-state index contributed by atoms with van der Waals surface area (Å²) in [6.45, 7) is 0.629. The zero-order valence-corrected chi connectivity index (χ0v) is 7.79. The number of hydrogen-bond acceptors (Lipinski definition) is 6. The number of aliphatic hydroxyl groups is 1. The number of anilines is 1. The summed E-state index contributed by atoms with van der Waals surface area (Å²) in [5.74, 6) is 0.505. The average molecular weight is 207 g/mol. The van der Waals surface area contributed by atoms with Gasteiger partial charge >= 0.3 is 0 Å². The van der Waals surface area contributed by atoms with Gasteiger partial charge in [-0.3, -0.25) is 0 Å². The molecule has 7 nitrogen and oxygen atoms in total.